The minimum absolute atomic E-state index is 0.265. The van der Waals surface area contributed by atoms with Gasteiger partial charge in [0.05, 0.1) is 0 Å². The second-order valence-corrected chi connectivity index (χ2v) is 9.80. The van der Waals surface area contributed by atoms with E-state index < -0.39 is 24.5 Å². The lowest BCUT2D eigenvalue weighted by Gasteiger charge is -2.26. The van der Waals surface area contributed by atoms with Gasteiger partial charge in [-0.2, -0.15) is 0 Å². The number of carboxylic acids is 1. The number of halogens is 3. The summed E-state index contributed by atoms with van der Waals surface area (Å²) in [6, 6.07) is 23.6. The molecule has 0 saturated carbocycles. The normalized spacial score (nSPS) is 17.4. The van der Waals surface area contributed by atoms with Crippen molar-refractivity contribution in [2.24, 2.45) is 0 Å². The Kier molecular flexibility index (Phi) is 7.14. The van der Waals surface area contributed by atoms with Gasteiger partial charge in [-0.1, -0.05) is 42.5 Å². The molecule has 5 rings (SSSR count). The van der Waals surface area contributed by atoms with Crippen LogP contribution in [0.4, 0.5) is 18.9 Å². The van der Waals surface area contributed by atoms with Crippen LogP contribution in [-0.4, -0.2) is 35.5 Å². The molecule has 0 spiro atoms. The second kappa shape index (κ2) is 10.6. The zero-order valence-electron chi connectivity index (χ0n) is 21.7. The highest BCUT2D eigenvalue weighted by atomic mass is 19.4. The highest BCUT2D eigenvalue weighted by molar-refractivity contribution is 6.09. The van der Waals surface area contributed by atoms with Crippen LogP contribution in [0.2, 0.25) is 0 Å². The summed E-state index contributed by atoms with van der Waals surface area (Å²) in [7, 11) is 0. The zero-order chi connectivity index (χ0) is 28.6. The lowest BCUT2D eigenvalue weighted by atomic mass is 9.89. The predicted octanol–water partition coefficient (Wildman–Crippen LogP) is 6.97. The molecule has 1 N–H and O–H groups in total. The number of hydrogen-bond donors (Lipinski definition) is 1. The van der Waals surface area contributed by atoms with Gasteiger partial charge < -0.3 is 19.5 Å². The number of benzene rings is 4. The minimum atomic E-state index is -4.86. The van der Waals surface area contributed by atoms with E-state index in [4.69, 9.17) is 4.74 Å². The van der Waals surface area contributed by atoms with Gasteiger partial charge in [-0.05, 0) is 84.6 Å². The maximum atomic E-state index is 13.9. The molecule has 4 aromatic rings. The smallest absolute Gasteiger partial charge is 0.479 e. The Hall–Kier alpha value is -4.53. The first-order valence-electron chi connectivity index (χ1n) is 12.7. The van der Waals surface area contributed by atoms with Crippen LogP contribution in [0, 0.1) is 0 Å². The number of anilines is 1. The van der Waals surface area contributed by atoms with Gasteiger partial charge in [-0.3, -0.25) is 4.79 Å². The lowest BCUT2D eigenvalue weighted by molar-refractivity contribution is -0.274. The molecule has 0 bridgehead atoms. The first kappa shape index (κ1) is 27.1. The number of rotatable bonds is 7. The van der Waals surface area contributed by atoms with Crippen LogP contribution in [0.25, 0.3) is 10.8 Å². The first-order chi connectivity index (χ1) is 19.0. The van der Waals surface area contributed by atoms with Crippen molar-refractivity contribution in [2.75, 3.05) is 4.90 Å². The number of amides is 1. The Morgan fingerprint density at radius 3 is 2.40 bits per heavy atom. The molecule has 0 fully saturated rings. The summed E-state index contributed by atoms with van der Waals surface area (Å²) < 4.78 is 48.8. The number of fused-ring (bicyclic) bond motifs is 2. The van der Waals surface area contributed by atoms with E-state index >= 15 is 0 Å². The summed E-state index contributed by atoms with van der Waals surface area (Å²) in [4.78, 5) is 26.7. The topological polar surface area (TPSA) is 76.1 Å². The van der Waals surface area contributed by atoms with E-state index in [-0.39, 0.29) is 17.6 Å². The van der Waals surface area contributed by atoms with E-state index in [1.165, 1.54) is 25.1 Å². The van der Waals surface area contributed by atoms with Gasteiger partial charge in [0, 0.05) is 23.2 Å². The summed E-state index contributed by atoms with van der Waals surface area (Å²) in [6.07, 6.45) is -5.55. The summed E-state index contributed by atoms with van der Waals surface area (Å²) >= 11 is 0. The summed E-state index contributed by atoms with van der Waals surface area (Å²) in [6.45, 7) is 3.28. The van der Waals surface area contributed by atoms with Crippen molar-refractivity contribution in [1.82, 2.24) is 0 Å². The Morgan fingerprint density at radius 1 is 0.925 bits per heavy atom. The molecule has 0 aromatic heterocycles. The van der Waals surface area contributed by atoms with Crippen LogP contribution in [-0.2, 0) is 11.2 Å². The van der Waals surface area contributed by atoms with Gasteiger partial charge in [0.1, 0.15) is 11.5 Å². The van der Waals surface area contributed by atoms with Crippen LogP contribution in [0.3, 0.4) is 0 Å². The number of carbonyl (C=O) groups excluding carboxylic acids is 1. The van der Waals surface area contributed by atoms with Gasteiger partial charge in [0.15, 0.2) is 6.10 Å². The van der Waals surface area contributed by atoms with Gasteiger partial charge >= 0.3 is 12.3 Å². The molecule has 6 nitrogen and oxygen atoms in total. The molecule has 0 radical (unpaired) electrons. The average molecular weight is 550 g/mol. The van der Waals surface area contributed by atoms with E-state index in [2.05, 4.69) is 4.74 Å². The molecule has 40 heavy (non-hydrogen) atoms. The molecule has 1 heterocycles. The van der Waals surface area contributed by atoms with Crippen molar-refractivity contribution in [3.05, 3.63) is 102 Å². The Morgan fingerprint density at radius 2 is 1.68 bits per heavy atom. The molecule has 1 aliphatic heterocycles. The van der Waals surface area contributed by atoms with Crippen molar-refractivity contribution < 1.29 is 37.3 Å². The summed E-state index contributed by atoms with van der Waals surface area (Å²) in [5, 5.41) is 11.1. The van der Waals surface area contributed by atoms with Gasteiger partial charge in [-0.25, -0.2) is 4.79 Å². The van der Waals surface area contributed by atoms with Crippen LogP contribution in [0.15, 0.2) is 84.9 Å². The largest absolute Gasteiger partial charge is 0.573 e. The van der Waals surface area contributed by atoms with Gasteiger partial charge in [-0.15, -0.1) is 13.2 Å². The van der Waals surface area contributed by atoms with Crippen LogP contribution in [0.1, 0.15) is 41.3 Å². The van der Waals surface area contributed by atoms with Gasteiger partial charge in [0.25, 0.3) is 5.91 Å². The third-order valence-electron chi connectivity index (χ3n) is 7.11. The fourth-order valence-electron chi connectivity index (χ4n) is 5.20. The molecule has 9 heteroatoms. The number of ether oxygens (including phenoxy) is 2. The van der Waals surface area contributed by atoms with E-state index in [0.717, 1.165) is 16.3 Å². The molecule has 0 saturated heterocycles. The SMILES string of the molecule is CC1C(Cc2cccc(O[C@@H](C)C(=O)O)c2)c2cc(OC(F)(F)F)ccc2N1C(=O)c1ccc2ccccc2c1. The number of alkyl halides is 3. The summed E-state index contributed by atoms with van der Waals surface area (Å²) in [5.41, 5.74) is 2.30. The Labute approximate surface area is 228 Å². The third-order valence-corrected chi connectivity index (χ3v) is 7.11. The number of aliphatic carboxylic acids is 1. The van der Waals surface area contributed by atoms with E-state index in [1.807, 2.05) is 49.4 Å². The highest BCUT2D eigenvalue weighted by Gasteiger charge is 2.40. The quantitative estimate of drug-likeness (QED) is 0.270. The number of nitrogens with zero attached hydrogens (tertiary/aromatic N) is 1. The maximum Gasteiger partial charge on any atom is 0.573 e. The standard InChI is InChI=1S/C31H26F3NO5/c1-18-26(15-20-6-5-9-24(14-20)39-19(2)30(37)38)27-17-25(40-31(32,33)34)12-13-28(27)35(18)29(36)23-11-10-21-7-3-4-8-22(21)16-23/h3-14,16-19,26H,15H2,1-2H3,(H,37,38)/t18?,19-,26?/m0/s1. The Balaban J connectivity index is 1.51. The number of carboxylic acid groups (broad SMARTS) is 1. The third kappa shape index (κ3) is 5.59. The molecule has 4 aromatic carbocycles. The van der Waals surface area contributed by atoms with E-state index in [1.54, 1.807) is 29.2 Å². The molecule has 2 unspecified atom stereocenters. The average Bonchev–Trinajstić information content (AvgIpc) is 3.17. The summed E-state index contributed by atoms with van der Waals surface area (Å²) in [5.74, 6) is -1.75. The number of carbonyl (C=O) groups is 2. The van der Waals surface area contributed by atoms with Crippen LogP contribution >= 0.6 is 0 Å². The van der Waals surface area contributed by atoms with Crippen molar-refractivity contribution in [1.29, 1.82) is 0 Å². The Bertz CT molecular complexity index is 1590. The van der Waals surface area contributed by atoms with E-state index in [0.29, 0.717) is 29.0 Å². The molecule has 1 aliphatic rings. The lowest BCUT2D eigenvalue weighted by Crippen LogP contribution is -2.37. The van der Waals surface area contributed by atoms with Crippen LogP contribution in [0.5, 0.6) is 11.5 Å². The maximum absolute atomic E-state index is 13.9. The second-order valence-electron chi connectivity index (χ2n) is 9.80. The molecular weight excluding hydrogens is 523 g/mol. The first-order valence-corrected chi connectivity index (χ1v) is 12.7. The highest BCUT2D eigenvalue weighted by Crippen LogP contribution is 2.45. The van der Waals surface area contributed by atoms with Crippen molar-refractivity contribution in [2.45, 2.75) is 44.7 Å². The fraction of sp³-hybridized carbons (Fsp3) is 0.226. The molecule has 3 atom stereocenters. The van der Waals surface area contributed by atoms with E-state index in [9.17, 15) is 27.9 Å². The molecule has 206 valence electrons. The monoisotopic (exact) mass is 549 g/mol. The zero-order valence-corrected chi connectivity index (χ0v) is 21.7. The molecular formula is C31H26F3NO5. The fourth-order valence-corrected chi connectivity index (χ4v) is 5.20. The van der Waals surface area contributed by atoms with Crippen LogP contribution < -0.4 is 14.4 Å². The van der Waals surface area contributed by atoms with Crippen molar-refractivity contribution in [3.63, 3.8) is 0 Å². The predicted molar refractivity (Wildman–Crippen MR) is 144 cm³/mol. The van der Waals surface area contributed by atoms with Gasteiger partial charge in [0.2, 0.25) is 0 Å². The number of hydrogen-bond acceptors (Lipinski definition) is 4. The molecule has 0 aliphatic carbocycles. The van der Waals surface area contributed by atoms with Crippen molar-refractivity contribution >= 4 is 28.3 Å². The van der Waals surface area contributed by atoms with Crippen molar-refractivity contribution in [3.8, 4) is 11.5 Å². The molecule has 1 amide bonds. The minimum Gasteiger partial charge on any atom is -0.479 e.